The van der Waals surface area contributed by atoms with Gasteiger partial charge in [-0.05, 0) is 24.3 Å². The highest BCUT2D eigenvalue weighted by Crippen LogP contribution is 2.16. The maximum Gasteiger partial charge on any atom is 0.285 e. The van der Waals surface area contributed by atoms with Crippen molar-refractivity contribution in [2.24, 2.45) is 0 Å². The molecule has 0 aromatic heterocycles. The molecule has 29 heavy (non-hydrogen) atoms. The number of benzene rings is 2. The molecule has 0 spiro atoms. The van der Waals surface area contributed by atoms with Crippen LogP contribution in [0.25, 0.3) is 0 Å². The highest BCUT2D eigenvalue weighted by molar-refractivity contribution is 5.91. The van der Waals surface area contributed by atoms with E-state index in [2.05, 4.69) is 5.32 Å². The number of nitrogens with one attached hydrogen (secondary N) is 2. The first-order valence-electron chi connectivity index (χ1n) is 9.76. The Morgan fingerprint density at radius 2 is 1.76 bits per heavy atom. The van der Waals surface area contributed by atoms with Crippen LogP contribution in [0.3, 0.4) is 0 Å². The lowest BCUT2D eigenvalue weighted by Crippen LogP contribution is -3.11. The molecular formula is C22H28N3O4+. The molecular weight excluding hydrogens is 370 g/mol. The van der Waals surface area contributed by atoms with Gasteiger partial charge in [0.25, 0.3) is 11.8 Å². The van der Waals surface area contributed by atoms with Crippen molar-refractivity contribution in [2.45, 2.75) is 6.04 Å². The third-order valence-electron chi connectivity index (χ3n) is 5.01. The highest BCUT2D eigenvalue weighted by Gasteiger charge is 2.34. The van der Waals surface area contributed by atoms with E-state index in [9.17, 15) is 9.59 Å². The molecule has 0 radical (unpaired) electrons. The molecule has 2 amide bonds. The van der Waals surface area contributed by atoms with Crippen molar-refractivity contribution in [2.75, 3.05) is 52.3 Å². The minimum atomic E-state index is -0.448. The van der Waals surface area contributed by atoms with Gasteiger partial charge in [-0.3, -0.25) is 9.59 Å². The van der Waals surface area contributed by atoms with Crippen molar-refractivity contribution in [1.82, 2.24) is 4.90 Å². The van der Waals surface area contributed by atoms with E-state index < -0.39 is 6.04 Å². The number of likely N-dealkylation sites (N-methyl/N-ethyl adjacent to an activating group) is 1. The van der Waals surface area contributed by atoms with Gasteiger partial charge in [0.15, 0.2) is 12.6 Å². The molecule has 7 heteroatoms. The number of quaternary nitrogens is 1. The smallest absolute Gasteiger partial charge is 0.285 e. The van der Waals surface area contributed by atoms with E-state index >= 15 is 0 Å². The third-order valence-corrected chi connectivity index (χ3v) is 5.01. The fraction of sp³-hybridized carbons (Fsp3) is 0.364. The number of hydrogen-bond donors (Lipinski definition) is 2. The molecule has 7 nitrogen and oxygen atoms in total. The molecule has 0 saturated carbocycles. The van der Waals surface area contributed by atoms with Gasteiger partial charge >= 0.3 is 0 Å². The number of carbonyl (C=O) groups excluding carboxylic acids is 2. The summed E-state index contributed by atoms with van der Waals surface area (Å²) in [5.74, 6) is 0.601. The van der Waals surface area contributed by atoms with E-state index in [0.717, 1.165) is 16.2 Å². The van der Waals surface area contributed by atoms with Gasteiger partial charge in [0.2, 0.25) is 0 Å². The van der Waals surface area contributed by atoms with E-state index in [1.165, 1.54) is 0 Å². The second kappa shape index (κ2) is 10.0. The number of rotatable bonds is 7. The zero-order valence-corrected chi connectivity index (χ0v) is 16.9. The molecule has 1 aliphatic heterocycles. The summed E-state index contributed by atoms with van der Waals surface area (Å²) in [5, 5.41) is 2.89. The first kappa shape index (κ1) is 20.8. The van der Waals surface area contributed by atoms with Gasteiger partial charge in [-0.1, -0.05) is 30.3 Å². The Kier molecular flexibility index (Phi) is 7.21. The van der Waals surface area contributed by atoms with Gasteiger partial charge in [0.05, 0.1) is 27.4 Å². The van der Waals surface area contributed by atoms with Crippen LogP contribution in [0, 0.1) is 0 Å². The minimum absolute atomic E-state index is 0.0225. The Hall–Kier alpha value is -2.90. The fourth-order valence-corrected chi connectivity index (χ4v) is 3.48. The second-order valence-electron chi connectivity index (χ2n) is 7.08. The van der Waals surface area contributed by atoms with Crippen molar-refractivity contribution < 1.29 is 24.0 Å². The SMILES string of the molecule is COc1ccc(NC(=O)C[NH+](C)[C@H](C(=O)N2CCOCC2)c2ccccc2)cc1. The van der Waals surface area contributed by atoms with Crippen molar-refractivity contribution in [3.05, 3.63) is 60.2 Å². The fourth-order valence-electron chi connectivity index (χ4n) is 3.48. The predicted octanol–water partition coefficient (Wildman–Crippen LogP) is 0.749. The van der Waals surface area contributed by atoms with Gasteiger partial charge < -0.3 is 24.6 Å². The first-order chi connectivity index (χ1) is 14.1. The summed E-state index contributed by atoms with van der Waals surface area (Å²) < 4.78 is 10.5. The molecule has 3 rings (SSSR count). The van der Waals surface area contributed by atoms with Crippen LogP contribution < -0.4 is 15.0 Å². The zero-order chi connectivity index (χ0) is 20.6. The Bertz CT molecular complexity index is 805. The van der Waals surface area contributed by atoms with Gasteiger partial charge in [-0.25, -0.2) is 0 Å². The Labute approximate surface area is 171 Å². The van der Waals surface area contributed by atoms with Crippen LogP contribution >= 0.6 is 0 Å². The summed E-state index contributed by atoms with van der Waals surface area (Å²) in [4.78, 5) is 28.5. The quantitative estimate of drug-likeness (QED) is 0.722. The highest BCUT2D eigenvalue weighted by atomic mass is 16.5. The predicted molar refractivity (Wildman–Crippen MR) is 110 cm³/mol. The van der Waals surface area contributed by atoms with Crippen molar-refractivity contribution >= 4 is 17.5 Å². The van der Waals surface area contributed by atoms with Gasteiger partial charge in [-0.15, -0.1) is 0 Å². The Morgan fingerprint density at radius 1 is 1.10 bits per heavy atom. The summed E-state index contributed by atoms with van der Waals surface area (Å²) in [6.07, 6.45) is 0. The summed E-state index contributed by atoms with van der Waals surface area (Å²) >= 11 is 0. The molecule has 2 aromatic rings. The van der Waals surface area contributed by atoms with E-state index in [1.54, 1.807) is 31.4 Å². The summed E-state index contributed by atoms with van der Waals surface area (Å²) in [6.45, 7) is 2.41. The van der Waals surface area contributed by atoms with Crippen LogP contribution in [0.2, 0.25) is 0 Å². The topological polar surface area (TPSA) is 72.3 Å². The summed E-state index contributed by atoms with van der Waals surface area (Å²) in [5.41, 5.74) is 1.60. The molecule has 1 aliphatic rings. The van der Waals surface area contributed by atoms with Crippen molar-refractivity contribution in [3.8, 4) is 5.75 Å². The van der Waals surface area contributed by atoms with Gasteiger partial charge in [0, 0.05) is 24.3 Å². The molecule has 2 atom stereocenters. The van der Waals surface area contributed by atoms with Crippen LogP contribution in [0.5, 0.6) is 5.75 Å². The number of amides is 2. The lowest BCUT2D eigenvalue weighted by atomic mass is 10.0. The molecule has 1 heterocycles. The molecule has 2 N–H and O–H groups in total. The third kappa shape index (κ3) is 5.56. The lowest BCUT2D eigenvalue weighted by molar-refractivity contribution is -0.894. The van der Waals surface area contributed by atoms with Gasteiger partial charge in [-0.2, -0.15) is 0 Å². The van der Waals surface area contributed by atoms with Crippen LogP contribution in [0.15, 0.2) is 54.6 Å². The Balaban J connectivity index is 1.70. The van der Waals surface area contributed by atoms with Crippen LogP contribution in [0.4, 0.5) is 5.69 Å². The molecule has 1 unspecified atom stereocenters. The molecule has 1 fully saturated rings. The van der Waals surface area contributed by atoms with E-state index in [4.69, 9.17) is 9.47 Å². The zero-order valence-electron chi connectivity index (χ0n) is 16.9. The largest absolute Gasteiger partial charge is 0.497 e. The number of nitrogens with zero attached hydrogens (tertiary/aromatic N) is 1. The van der Waals surface area contributed by atoms with Crippen molar-refractivity contribution in [1.29, 1.82) is 0 Å². The minimum Gasteiger partial charge on any atom is -0.497 e. The number of hydrogen-bond acceptors (Lipinski definition) is 4. The number of carbonyl (C=O) groups is 2. The molecule has 2 aromatic carbocycles. The number of methoxy groups -OCH3 is 1. The molecule has 154 valence electrons. The Morgan fingerprint density at radius 3 is 2.38 bits per heavy atom. The standard InChI is InChI=1S/C22H27N3O4/c1-24(16-20(26)23-18-8-10-19(28-2)11-9-18)21(17-6-4-3-5-7-17)22(27)25-12-14-29-15-13-25/h3-11,21H,12-16H2,1-2H3,(H,23,26)/p+1/t21-/m0/s1. The van der Waals surface area contributed by atoms with E-state index in [0.29, 0.717) is 32.0 Å². The second-order valence-corrected chi connectivity index (χ2v) is 7.08. The van der Waals surface area contributed by atoms with Crippen LogP contribution in [0.1, 0.15) is 11.6 Å². The summed E-state index contributed by atoms with van der Waals surface area (Å²) in [6, 6.07) is 16.4. The number of anilines is 1. The monoisotopic (exact) mass is 398 g/mol. The van der Waals surface area contributed by atoms with Crippen LogP contribution in [-0.4, -0.2) is 63.7 Å². The first-order valence-corrected chi connectivity index (χ1v) is 9.76. The van der Waals surface area contributed by atoms with Gasteiger partial charge in [0.1, 0.15) is 5.75 Å². The lowest BCUT2D eigenvalue weighted by Gasteiger charge is -2.32. The van der Waals surface area contributed by atoms with Crippen LogP contribution in [-0.2, 0) is 14.3 Å². The van der Waals surface area contributed by atoms with E-state index in [1.807, 2.05) is 42.3 Å². The molecule has 0 bridgehead atoms. The normalized spacial score (nSPS) is 16.0. The van der Waals surface area contributed by atoms with Crippen molar-refractivity contribution in [3.63, 3.8) is 0 Å². The molecule has 0 aliphatic carbocycles. The number of morpholine rings is 1. The summed E-state index contributed by atoms with van der Waals surface area (Å²) in [7, 11) is 3.48. The average molecular weight is 398 g/mol. The maximum atomic E-state index is 13.3. The van der Waals surface area contributed by atoms with E-state index in [-0.39, 0.29) is 18.4 Å². The maximum absolute atomic E-state index is 13.3. The average Bonchev–Trinajstić information content (AvgIpc) is 2.75. The number of ether oxygens (including phenoxy) is 2. The molecule has 1 saturated heterocycles.